The minimum absolute atomic E-state index is 0.474. The van der Waals surface area contributed by atoms with Gasteiger partial charge >= 0.3 is 0 Å². The third kappa shape index (κ3) is 1.99. The van der Waals surface area contributed by atoms with E-state index in [0.29, 0.717) is 23.9 Å². The molecule has 2 fully saturated rings. The molecular weight excluding hydrogens is 222 g/mol. The SMILES string of the molecule is CCC(c1ccccc1)N1C2CCC1CC(=O)C2. The van der Waals surface area contributed by atoms with E-state index in [1.165, 1.54) is 18.4 Å². The second kappa shape index (κ2) is 4.85. The summed E-state index contributed by atoms with van der Waals surface area (Å²) in [6.07, 6.45) is 5.10. The number of piperidine rings is 1. The minimum Gasteiger partial charge on any atom is -0.300 e. The highest BCUT2D eigenvalue weighted by molar-refractivity contribution is 5.81. The van der Waals surface area contributed by atoms with E-state index in [0.717, 1.165) is 19.3 Å². The van der Waals surface area contributed by atoms with Crippen LogP contribution in [0.15, 0.2) is 30.3 Å². The van der Waals surface area contributed by atoms with E-state index in [9.17, 15) is 4.79 Å². The van der Waals surface area contributed by atoms with Gasteiger partial charge in [-0.25, -0.2) is 0 Å². The molecule has 96 valence electrons. The van der Waals surface area contributed by atoms with Crippen LogP contribution in [0.25, 0.3) is 0 Å². The molecule has 2 heteroatoms. The highest BCUT2D eigenvalue weighted by Crippen LogP contribution is 2.41. The maximum Gasteiger partial charge on any atom is 0.136 e. The molecule has 0 aliphatic carbocycles. The Labute approximate surface area is 109 Å². The number of nitrogens with zero attached hydrogens (tertiary/aromatic N) is 1. The Morgan fingerprint density at radius 1 is 1.17 bits per heavy atom. The smallest absolute Gasteiger partial charge is 0.136 e. The van der Waals surface area contributed by atoms with Crippen LogP contribution in [0.5, 0.6) is 0 Å². The molecule has 3 unspecified atom stereocenters. The topological polar surface area (TPSA) is 20.3 Å². The van der Waals surface area contributed by atoms with Crippen LogP contribution in [0, 0.1) is 0 Å². The molecule has 1 aromatic rings. The van der Waals surface area contributed by atoms with Crippen molar-refractivity contribution >= 4 is 5.78 Å². The third-order valence-electron chi connectivity index (χ3n) is 4.53. The van der Waals surface area contributed by atoms with Crippen molar-refractivity contribution < 1.29 is 4.79 Å². The summed E-state index contributed by atoms with van der Waals surface area (Å²) in [5.74, 6) is 0.474. The molecule has 1 aromatic carbocycles. The predicted octanol–water partition coefficient (Wildman–Crippen LogP) is 3.33. The van der Waals surface area contributed by atoms with E-state index < -0.39 is 0 Å². The van der Waals surface area contributed by atoms with Gasteiger partial charge in [0.1, 0.15) is 5.78 Å². The first-order valence-electron chi connectivity index (χ1n) is 7.13. The summed E-state index contributed by atoms with van der Waals surface area (Å²) in [7, 11) is 0. The fourth-order valence-corrected chi connectivity index (χ4v) is 3.81. The van der Waals surface area contributed by atoms with Gasteiger partial charge in [0.05, 0.1) is 0 Å². The van der Waals surface area contributed by atoms with Crippen molar-refractivity contribution in [1.82, 2.24) is 4.90 Å². The lowest BCUT2D eigenvalue weighted by molar-refractivity contribution is -0.124. The normalized spacial score (nSPS) is 29.5. The fourth-order valence-electron chi connectivity index (χ4n) is 3.81. The Kier molecular flexibility index (Phi) is 3.21. The molecule has 0 aromatic heterocycles. The van der Waals surface area contributed by atoms with Crippen LogP contribution in [-0.2, 0) is 4.79 Å². The fraction of sp³-hybridized carbons (Fsp3) is 0.562. The molecule has 2 aliphatic rings. The summed E-state index contributed by atoms with van der Waals surface area (Å²) in [6.45, 7) is 2.26. The summed E-state index contributed by atoms with van der Waals surface area (Å²) in [5, 5.41) is 0. The molecule has 2 saturated heterocycles. The lowest BCUT2D eigenvalue weighted by Crippen LogP contribution is -2.45. The Morgan fingerprint density at radius 2 is 1.78 bits per heavy atom. The molecule has 0 N–H and O–H groups in total. The number of Topliss-reactive ketones (excluding diaryl/α,β-unsaturated/α-hetero) is 1. The molecular formula is C16H21NO. The van der Waals surface area contributed by atoms with Gasteiger partial charge in [0, 0.05) is 31.0 Å². The van der Waals surface area contributed by atoms with Gasteiger partial charge in [-0.2, -0.15) is 0 Å². The van der Waals surface area contributed by atoms with Crippen molar-refractivity contribution in [2.24, 2.45) is 0 Å². The Balaban J connectivity index is 1.87. The second-order valence-corrected chi connectivity index (χ2v) is 5.61. The molecule has 0 spiro atoms. The molecule has 3 rings (SSSR count). The number of carbonyl (C=O) groups is 1. The quantitative estimate of drug-likeness (QED) is 0.811. The van der Waals surface area contributed by atoms with Crippen LogP contribution < -0.4 is 0 Å². The van der Waals surface area contributed by atoms with Crippen LogP contribution in [0.1, 0.15) is 50.6 Å². The molecule has 18 heavy (non-hydrogen) atoms. The maximum absolute atomic E-state index is 11.7. The van der Waals surface area contributed by atoms with Crippen molar-refractivity contribution in [3.8, 4) is 0 Å². The van der Waals surface area contributed by atoms with E-state index in [4.69, 9.17) is 0 Å². The number of hydrogen-bond acceptors (Lipinski definition) is 2. The monoisotopic (exact) mass is 243 g/mol. The number of benzene rings is 1. The summed E-state index contributed by atoms with van der Waals surface area (Å²) < 4.78 is 0. The molecule has 3 atom stereocenters. The second-order valence-electron chi connectivity index (χ2n) is 5.61. The van der Waals surface area contributed by atoms with Crippen molar-refractivity contribution in [3.05, 3.63) is 35.9 Å². The Morgan fingerprint density at radius 3 is 2.33 bits per heavy atom. The van der Waals surface area contributed by atoms with E-state index >= 15 is 0 Å². The third-order valence-corrected chi connectivity index (χ3v) is 4.53. The number of carbonyl (C=O) groups excluding carboxylic acids is 1. The zero-order valence-corrected chi connectivity index (χ0v) is 11.0. The van der Waals surface area contributed by atoms with Gasteiger partial charge in [0.2, 0.25) is 0 Å². The Hall–Kier alpha value is -1.15. The molecule has 2 nitrogen and oxygen atoms in total. The summed E-state index contributed by atoms with van der Waals surface area (Å²) >= 11 is 0. The molecule has 0 amide bonds. The highest BCUT2D eigenvalue weighted by Gasteiger charge is 2.43. The molecule has 0 radical (unpaired) electrons. The van der Waals surface area contributed by atoms with Gasteiger partial charge in [-0.3, -0.25) is 9.69 Å². The number of hydrogen-bond donors (Lipinski definition) is 0. The van der Waals surface area contributed by atoms with Crippen LogP contribution in [0.2, 0.25) is 0 Å². The summed E-state index contributed by atoms with van der Waals surface area (Å²) in [6, 6.07) is 12.3. The van der Waals surface area contributed by atoms with Gasteiger partial charge in [0.15, 0.2) is 0 Å². The summed E-state index contributed by atoms with van der Waals surface area (Å²) in [4.78, 5) is 14.3. The average Bonchev–Trinajstić information content (AvgIpc) is 2.65. The Bertz CT molecular complexity index is 412. The zero-order valence-electron chi connectivity index (χ0n) is 11.0. The minimum atomic E-state index is 0.474. The van der Waals surface area contributed by atoms with Gasteiger partial charge in [-0.15, -0.1) is 0 Å². The van der Waals surface area contributed by atoms with Gasteiger partial charge in [-0.1, -0.05) is 37.3 Å². The molecule has 0 saturated carbocycles. The van der Waals surface area contributed by atoms with E-state index in [1.807, 2.05) is 0 Å². The average molecular weight is 243 g/mol. The van der Waals surface area contributed by atoms with Gasteiger partial charge in [0.25, 0.3) is 0 Å². The van der Waals surface area contributed by atoms with E-state index in [-0.39, 0.29) is 0 Å². The molecule has 2 bridgehead atoms. The highest BCUT2D eigenvalue weighted by atomic mass is 16.1. The van der Waals surface area contributed by atoms with Gasteiger partial charge < -0.3 is 0 Å². The van der Waals surface area contributed by atoms with Crippen molar-refractivity contribution in [3.63, 3.8) is 0 Å². The first-order valence-corrected chi connectivity index (χ1v) is 7.13. The van der Waals surface area contributed by atoms with E-state index in [1.54, 1.807) is 0 Å². The number of rotatable bonds is 3. The standard InChI is InChI=1S/C16H21NO/c1-2-16(12-6-4-3-5-7-12)17-13-8-9-14(17)11-15(18)10-13/h3-7,13-14,16H,2,8-11H2,1H3. The van der Waals surface area contributed by atoms with E-state index in [2.05, 4.69) is 42.2 Å². The predicted molar refractivity (Wildman–Crippen MR) is 72.4 cm³/mol. The van der Waals surface area contributed by atoms with Crippen molar-refractivity contribution in [2.45, 2.75) is 57.2 Å². The van der Waals surface area contributed by atoms with Crippen LogP contribution in [0.4, 0.5) is 0 Å². The molecule has 2 heterocycles. The largest absolute Gasteiger partial charge is 0.300 e. The lowest BCUT2D eigenvalue weighted by Gasteiger charge is -2.40. The zero-order chi connectivity index (χ0) is 12.5. The number of ketones is 1. The van der Waals surface area contributed by atoms with Crippen LogP contribution >= 0.6 is 0 Å². The van der Waals surface area contributed by atoms with Crippen molar-refractivity contribution in [2.75, 3.05) is 0 Å². The molecule has 2 aliphatic heterocycles. The first-order chi connectivity index (χ1) is 8.79. The van der Waals surface area contributed by atoms with Gasteiger partial charge in [-0.05, 0) is 24.8 Å². The van der Waals surface area contributed by atoms with Crippen LogP contribution in [-0.4, -0.2) is 22.8 Å². The summed E-state index contributed by atoms with van der Waals surface area (Å²) in [5.41, 5.74) is 1.41. The lowest BCUT2D eigenvalue weighted by atomic mass is 9.94. The number of fused-ring (bicyclic) bond motifs is 2. The van der Waals surface area contributed by atoms with Crippen LogP contribution in [0.3, 0.4) is 0 Å². The maximum atomic E-state index is 11.7. The first kappa shape index (κ1) is 11.9. The van der Waals surface area contributed by atoms with Crippen molar-refractivity contribution in [1.29, 1.82) is 0 Å².